The third-order valence-corrected chi connectivity index (χ3v) is 3.03. The maximum Gasteiger partial charge on any atom is 0.308 e. The first-order chi connectivity index (χ1) is 10.7. The van der Waals surface area contributed by atoms with Crippen molar-refractivity contribution in [1.29, 1.82) is 0 Å². The molecule has 1 aromatic heterocycles. The number of esters is 2. The van der Waals surface area contributed by atoms with Crippen molar-refractivity contribution in [3.8, 4) is 11.5 Å². The SMILES string of the molecule is CC(=O)Oc1cc2oc(C)c(C(=O)Cl)c(=O)c2cc1OC(C)=O. The molecule has 0 N–H and O–H groups in total. The van der Waals surface area contributed by atoms with E-state index in [1.165, 1.54) is 19.9 Å². The van der Waals surface area contributed by atoms with Crippen molar-refractivity contribution >= 4 is 39.8 Å². The van der Waals surface area contributed by atoms with Crippen LogP contribution >= 0.6 is 11.6 Å². The van der Waals surface area contributed by atoms with Gasteiger partial charge in [0.15, 0.2) is 11.5 Å². The molecule has 0 amide bonds. The summed E-state index contributed by atoms with van der Waals surface area (Å²) in [5.41, 5.74) is -0.930. The minimum absolute atomic E-state index is 0.0245. The Balaban J connectivity index is 2.81. The highest BCUT2D eigenvalue weighted by Crippen LogP contribution is 2.32. The molecule has 0 saturated heterocycles. The van der Waals surface area contributed by atoms with E-state index in [-0.39, 0.29) is 33.8 Å². The molecule has 0 radical (unpaired) electrons. The quantitative estimate of drug-likeness (QED) is 0.481. The fraction of sp³-hybridized carbons (Fsp3) is 0.200. The van der Waals surface area contributed by atoms with Crippen LogP contribution in [0.4, 0.5) is 0 Å². The van der Waals surface area contributed by atoms with E-state index >= 15 is 0 Å². The van der Waals surface area contributed by atoms with Gasteiger partial charge < -0.3 is 13.9 Å². The zero-order chi connectivity index (χ0) is 17.3. The van der Waals surface area contributed by atoms with E-state index in [0.29, 0.717) is 0 Å². The van der Waals surface area contributed by atoms with Crippen LogP contribution in [-0.4, -0.2) is 17.2 Å². The molecule has 1 heterocycles. The van der Waals surface area contributed by atoms with Gasteiger partial charge in [-0.2, -0.15) is 0 Å². The van der Waals surface area contributed by atoms with E-state index in [4.69, 9.17) is 25.5 Å². The second-order valence-electron chi connectivity index (χ2n) is 4.62. The monoisotopic (exact) mass is 338 g/mol. The molecular formula is C15H11ClO7. The Morgan fingerprint density at radius 3 is 2.04 bits per heavy atom. The molecule has 0 bridgehead atoms. The Hall–Kier alpha value is -2.67. The fourth-order valence-electron chi connectivity index (χ4n) is 2.01. The van der Waals surface area contributed by atoms with Crippen LogP contribution in [0.5, 0.6) is 11.5 Å². The number of rotatable bonds is 3. The molecule has 2 rings (SSSR count). The zero-order valence-electron chi connectivity index (χ0n) is 12.4. The van der Waals surface area contributed by atoms with Gasteiger partial charge in [-0.05, 0) is 24.6 Å². The van der Waals surface area contributed by atoms with Crippen LogP contribution in [0.25, 0.3) is 11.0 Å². The van der Waals surface area contributed by atoms with Crippen molar-refractivity contribution in [1.82, 2.24) is 0 Å². The summed E-state index contributed by atoms with van der Waals surface area (Å²) in [5.74, 6) is -1.54. The van der Waals surface area contributed by atoms with Gasteiger partial charge in [0.2, 0.25) is 5.43 Å². The molecule has 0 aliphatic rings. The second-order valence-corrected chi connectivity index (χ2v) is 4.96. The number of aryl methyl sites for hydroxylation is 1. The Labute approximate surface area is 134 Å². The molecule has 23 heavy (non-hydrogen) atoms. The van der Waals surface area contributed by atoms with Crippen LogP contribution in [0.3, 0.4) is 0 Å². The normalized spacial score (nSPS) is 10.4. The predicted molar refractivity (Wildman–Crippen MR) is 80.0 cm³/mol. The molecular weight excluding hydrogens is 328 g/mol. The third kappa shape index (κ3) is 3.40. The van der Waals surface area contributed by atoms with E-state index in [1.807, 2.05) is 0 Å². The van der Waals surface area contributed by atoms with Gasteiger partial charge in [0.1, 0.15) is 16.9 Å². The number of fused-ring (bicyclic) bond motifs is 1. The molecule has 0 aliphatic heterocycles. The van der Waals surface area contributed by atoms with Crippen LogP contribution in [0, 0.1) is 6.92 Å². The van der Waals surface area contributed by atoms with Crippen LogP contribution in [-0.2, 0) is 9.59 Å². The molecule has 1 aromatic carbocycles. The summed E-state index contributed by atoms with van der Waals surface area (Å²) in [7, 11) is 0. The number of hydrogen-bond donors (Lipinski definition) is 0. The molecule has 2 aromatic rings. The van der Waals surface area contributed by atoms with Gasteiger partial charge in [-0.15, -0.1) is 0 Å². The first-order valence-corrected chi connectivity index (χ1v) is 6.76. The average Bonchev–Trinajstić information content (AvgIpc) is 2.38. The molecule has 8 heteroatoms. The number of benzene rings is 1. The molecule has 0 fully saturated rings. The maximum atomic E-state index is 12.3. The van der Waals surface area contributed by atoms with E-state index < -0.39 is 22.6 Å². The number of carbonyl (C=O) groups is 3. The number of halogens is 1. The van der Waals surface area contributed by atoms with Gasteiger partial charge in [0.25, 0.3) is 5.24 Å². The summed E-state index contributed by atoms with van der Waals surface area (Å²) in [4.78, 5) is 46.0. The van der Waals surface area contributed by atoms with Crippen molar-refractivity contribution in [2.45, 2.75) is 20.8 Å². The minimum Gasteiger partial charge on any atom is -0.460 e. The number of ether oxygens (including phenoxy) is 2. The summed E-state index contributed by atoms with van der Waals surface area (Å²) < 4.78 is 15.2. The average molecular weight is 339 g/mol. The van der Waals surface area contributed by atoms with E-state index in [0.717, 1.165) is 13.0 Å². The first-order valence-electron chi connectivity index (χ1n) is 6.38. The number of carbonyl (C=O) groups excluding carboxylic acids is 3. The van der Waals surface area contributed by atoms with Gasteiger partial charge in [-0.3, -0.25) is 19.2 Å². The van der Waals surface area contributed by atoms with Crippen LogP contribution in [0.2, 0.25) is 0 Å². The molecule has 0 unspecified atom stereocenters. The van der Waals surface area contributed by atoms with Gasteiger partial charge in [0.05, 0.1) is 5.39 Å². The number of hydrogen-bond acceptors (Lipinski definition) is 7. The maximum absolute atomic E-state index is 12.3. The molecule has 120 valence electrons. The largest absolute Gasteiger partial charge is 0.460 e. The summed E-state index contributed by atoms with van der Waals surface area (Å²) in [5, 5.41) is -0.997. The fourth-order valence-corrected chi connectivity index (χ4v) is 2.23. The zero-order valence-corrected chi connectivity index (χ0v) is 13.1. The third-order valence-electron chi connectivity index (χ3n) is 2.84. The lowest BCUT2D eigenvalue weighted by Crippen LogP contribution is -2.15. The Kier molecular flexibility index (Phi) is 4.51. The lowest BCUT2D eigenvalue weighted by Gasteiger charge is -2.10. The van der Waals surface area contributed by atoms with Gasteiger partial charge in [-0.1, -0.05) is 0 Å². The highest BCUT2D eigenvalue weighted by molar-refractivity contribution is 6.67. The van der Waals surface area contributed by atoms with Crippen LogP contribution in [0.15, 0.2) is 21.3 Å². The topological polar surface area (TPSA) is 99.9 Å². The highest BCUT2D eigenvalue weighted by Gasteiger charge is 2.20. The van der Waals surface area contributed by atoms with Crippen molar-refractivity contribution in [3.05, 3.63) is 33.7 Å². The van der Waals surface area contributed by atoms with Crippen LogP contribution in [0.1, 0.15) is 30.0 Å². The molecule has 0 spiro atoms. The summed E-state index contributed by atoms with van der Waals surface area (Å²) in [6.07, 6.45) is 0. The van der Waals surface area contributed by atoms with Gasteiger partial charge in [0, 0.05) is 19.9 Å². The standard InChI is InChI=1S/C15H11ClO7/c1-6-13(15(16)20)14(19)9-4-11(22-7(2)17)12(23-8(3)18)5-10(9)21-6/h4-5H,1-3H3. The molecule has 0 atom stereocenters. The van der Waals surface area contributed by atoms with Crippen molar-refractivity contribution < 1.29 is 28.3 Å². The smallest absolute Gasteiger partial charge is 0.308 e. The van der Waals surface area contributed by atoms with E-state index in [1.54, 1.807) is 0 Å². The van der Waals surface area contributed by atoms with E-state index in [9.17, 15) is 19.2 Å². The summed E-state index contributed by atoms with van der Waals surface area (Å²) in [6.45, 7) is 3.72. The van der Waals surface area contributed by atoms with E-state index in [2.05, 4.69) is 0 Å². The van der Waals surface area contributed by atoms with Crippen molar-refractivity contribution in [2.75, 3.05) is 0 Å². The first kappa shape index (κ1) is 16.7. The summed E-state index contributed by atoms with van der Waals surface area (Å²) in [6, 6.07) is 2.38. The lowest BCUT2D eigenvalue weighted by atomic mass is 10.1. The van der Waals surface area contributed by atoms with Crippen molar-refractivity contribution in [3.63, 3.8) is 0 Å². The van der Waals surface area contributed by atoms with Gasteiger partial charge >= 0.3 is 11.9 Å². The summed E-state index contributed by atoms with van der Waals surface area (Å²) >= 11 is 5.38. The van der Waals surface area contributed by atoms with Crippen LogP contribution < -0.4 is 14.9 Å². The Morgan fingerprint density at radius 2 is 1.57 bits per heavy atom. The molecule has 0 aliphatic carbocycles. The molecule has 7 nitrogen and oxygen atoms in total. The van der Waals surface area contributed by atoms with Crippen molar-refractivity contribution in [2.24, 2.45) is 0 Å². The van der Waals surface area contributed by atoms with Gasteiger partial charge in [-0.25, -0.2) is 0 Å². The molecule has 0 saturated carbocycles. The Morgan fingerprint density at radius 1 is 1.04 bits per heavy atom. The minimum atomic E-state index is -0.962. The second kappa shape index (κ2) is 6.21. The lowest BCUT2D eigenvalue weighted by molar-refractivity contribution is -0.134. The predicted octanol–water partition coefficient (Wildman–Crippen LogP) is 2.33. The Bertz CT molecular complexity index is 895. The highest BCUT2D eigenvalue weighted by atomic mass is 35.5.